The summed E-state index contributed by atoms with van der Waals surface area (Å²) in [5.74, 6) is 1.74. The lowest BCUT2D eigenvalue weighted by Crippen LogP contribution is -2.57. The lowest BCUT2D eigenvalue weighted by Gasteiger charge is -2.61. The molecule has 2 N–H and O–H groups in total. The maximum Gasteiger partial charge on any atom is 0.258 e. The molecule has 1 aliphatic heterocycles. The number of benzene rings is 2. The first-order valence-electron chi connectivity index (χ1n) is 15.0. The van der Waals surface area contributed by atoms with Crippen molar-refractivity contribution in [2.24, 2.45) is 28.2 Å². The van der Waals surface area contributed by atoms with E-state index in [0.29, 0.717) is 47.3 Å². The van der Waals surface area contributed by atoms with Gasteiger partial charge in [-0.2, -0.15) is 0 Å². The highest BCUT2D eigenvalue weighted by Gasteiger charge is 2.56. The van der Waals surface area contributed by atoms with Crippen molar-refractivity contribution in [3.8, 4) is 0 Å². The molecule has 2 heterocycles. The number of nitrogens with zero attached hydrogens (tertiary/aromatic N) is 3. The van der Waals surface area contributed by atoms with E-state index in [2.05, 4.69) is 43.2 Å². The van der Waals surface area contributed by atoms with Crippen LogP contribution in [0.4, 0.5) is 14.5 Å². The normalized spacial score (nSPS) is 27.5. The zero-order chi connectivity index (χ0) is 28.9. The predicted octanol–water partition coefficient (Wildman–Crippen LogP) is 5.65. The van der Waals surface area contributed by atoms with Gasteiger partial charge in [-0.1, -0.05) is 26.8 Å². The van der Waals surface area contributed by atoms with Gasteiger partial charge in [-0.3, -0.25) is 4.79 Å². The van der Waals surface area contributed by atoms with Gasteiger partial charge in [0, 0.05) is 55.6 Å². The van der Waals surface area contributed by atoms with Crippen LogP contribution in [0, 0.1) is 34.8 Å². The molecule has 3 aliphatic carbocycles. The summed E-state index contributed by atoms with van der Waals surface area (Å²) in [5.41, 5.74) is 1.59. The monoisotopic (exact) mass is 561 g/mol. The van der Waals surface area contributed by atoms with Crippen molar-refractivity contribution < 1.29 is 8.78 Å². The maximum atomic E-state index is 14.1. The number of aromatic nitrogens is 1. The minimum atomic E-state index is -0.605. The van der Waals surface area contributed by atoms with Crippen molar-refractivity contribution in [3.63, 3.8) is 0 Å². The molecule has 5 unspecified atom stereocenters. The number of aryl methyl sites for hydroxylation is 2. The lowest BCUT2D eigenvalue weighted by molar-refractivity contribution is -0.108. The second-order valence-electron chi connectivity index (χ2n) is 13.0. The number of pyridine rings is 1. The van der Waals surface area contributed by atoms with Crippen molar-refractivity contribution in [1.29, 1.82) is 0 Å². The fraction of sp³-hybridized carbons (Fsp3) is 0.515. The molecule has 6 nitrogen and oxygen atoms in total. The summed E-state index contributed by atoms with van der Waals surface area (Å²) in [6.45, 7) is 12.4. The van der Waals surface area contributed by atoms with Gasteiger partial charge in [-0.25, -0.2) is 13.8 Å². The van der Waals surface area contributed by atoms with Crippen molar-refractivity contribution in [1.82, 2.24) is 14.8 Å². The van der Waals surface area contributed by atoms with Crippen LogP contribution in [0.1, 0.15) is 46.1 Å². The number of hydrogen-bond donors (Lipinski definition) is 2. The van der Waals surface area contributed by atoms with Crippen LogP contribution in [0.3, 0.4) is 0 Å². The van der Waals surface area contributed by atoms with Gasteiger partial charge in [0.1, 0.15) is 11.6 Å². The van der Waals surface area contributed by atoms with E-state index < -0.39 is 11.6 Å². The Bertz CT molecular complexity index is 1530. The van der Waals surface area contributed by atoms with Crippen LogP contribution in [-0.4, -0.2) is 47.1 Å². The standard InChI is InChI=1S/C33H41F2N5O/c1-20-19-40(14-11-36-20)32(38-30-17-24-16-28(21(30)2)33(24,3)4)37-26-7-8-27-23(15-26)10-13-39(31(27)41)12-9-22-5-6-25(34)18-29(22)35/h5-8,10,13,15,18,20-21,24,28,30,36H,9,11-12,14,16-17,19H2,1-4H3,(H,37,38). The number of anilines is 1. The van der Waals surface area contributed by atoms with E-state index in [-0.39, 0.29) is 5.56 Å². The van der Waals surface area contributed by atoms with E-state index in [4.69, 9.17) is 4.99 Å². The molecule has 1 aromatic heterocycles. The van der Waals surface area contributed by atoms with Crippen LogP contribution in [0.25, 0.3) is 10.8 Å². The summed E-state index contributed by atoms with van der Waals surface area (Å²) in [4.78, 5) is 21.0. The second kappa shape index (κ2) is 10.9. The number of piperazine rings is 1. The Balaban J connectivity index is 1.23. The molecule has 0 spiro atoms. The summed E-state index contributed by atoms with van der Waals surface area (Å²) in [7, 11) is 0. The Labute approximate surface area is 240 Å². The molecule has 4 fully saturated rings. The Morgan fingerprint density at radius 3 is 2.68 bits per heavy atom. The summed E-state index contributed by atoms with van der Waals surface area (Å²) >= 11 is 0. The smallest absolute Gasteiger partial charge is 0.258 e. The quantitative estimate of drug-likeness (QED) is 0.312. The van der Waals surface area contributed by atoms with Gasteiger partial charge in [0.05, 0.1) is 6.04 Å². The average molecular weight is 562 g/mol. The van der Waals surface area contributed by atoms with Crippen LogP contribution in [0.5, 0.6) is 0 Å². The van der Waals surface area contributed by atoms with Gasteiger partial charge in [-0.05, 0) is 90.6 Å². The molecule has 7 rings (SSSR count). The molecule has 41 heavy (non-hydrogen) atoms. The van der Waals surface area contributed by atoms with Crippen molar-refractivity contribution in [2.45, 2.75) is 65.6 Å². The highest BCUT2D eigenvalue weighted by molar-refractivity contribution is 5.96. The molecule has 0 radical (unpaired) electrons. The third-order valence-corrected chi connectivity index (χ3v) is 10.1. The number of rotatable bonds is 5. The van der Waals surface area contributed by atoms with E-state index in [1.807, 2.05) is 24.3 Å². The Morgan fingerprint density at radius 1 is 1.12 bits per heavy atom. The van der Waals surface area contributed by atoms with E-state index in [0.717, 1.165) is 61.0 Å². The van der Waals surface area contributed by atoms with Gasteiger partial charge in [-0.15, -0.1) is 0 Å². The maximum absolute atomic E-state index is 14.1. The third-order valence-electron chi connectivity index (χ3n) is 10.1. The van der Waals surface area contributed by atoms with Crippen LogP contribution >= 0.6 is 0 Å². The molecule has 5 atom stereocenters. The number of aliphatic imine (C=N–C) groups is 1. The van der Waals surface area contributed by atoms with Crippen molar-refractivity contribution in [3.05, 3.63) is 76.2 Å². The molecule has 0 amide bonds. The second-order valence-corrected chi connectivity index (χ2v) is 13.0. The molecule has 3 saturated carbocycles. The third kappa shape index (κ3) is 5.39. The summed E-state index contributed by atoms with van der Waals surface area (Å²) in [6.07, 6.45) is 4.52. The van der Waals surface area contributed by atoms with Gasteiger partial charge < -0.3 is 20.1 Å². The van der Waals surface area contributed by atoms with Crippen LogP contribution < -0.4 is 16.2 Å². The van der Waals surface area contributed by atoms with Crippen LogP contribution in [-0.2, 0) is 13.0 Å². The molecule has 2 aromatic carbocycles. The molecule has 4 aliphatic rings. The van der Waals surface area contributed by atoms with E-state index in [9.17, 15) is 13.6 Å². The Morgan fingerprint density at radius 2 is 1.95 bits per heavy atom. The molecule has 8 heteroatoms. The van der Waals surface area contributed by atoms with Crippen LogP contribution in [0.2, 0.25) is 0 Å². The lowest BCUT2D eigenvalue weighted by atomic mass is 9.45. The summed E-state index contributed by atoms with van der Waals surface area (Å²) < 4.78 is 28.9. The molecule has 3 aromatic rings. The minimum Gasteiger partial charge on any atom is -0.340 e. The first-order valence-corrected chi connectivity index (χ1v) is 15.0. The van der Waals surface area contributed by atoms with E-state index >= 15 is 0 Å². The molecule has 218 valence electrons. The van der Waals surface area contributed by atoms with E-state index in [1.54, 1.807) is 10.8 Å². The average Bonchev–Trinajstić information content (AvgIpc) is 2.94. The zero-order valence-electron chi connectivity index (χ0n) is 24.5. The Hall–Kier alpha value is -3.26. The SMILES string of the molecule is CC1CN(C(=NC2CC3CC(C2C)C3(C)C)Nc2ccc3c(=O)n(CCc4ccc(F)cc4F)ccc3c2)CCN1. The summed E-state index contributed by atoms with van der Waals surface area (Å²) in [6, 6.07) is 12.0. The number of hydrogen-bond acceptors (Lipinski definition) is 3. The number of nitrogens with one attached hydrogen (secondary N) is 2. The highest BCUT2D eigenvalue weighted by Crippen LogP contribution is 2.61. The number of guanidine groups is 1. The van der Waals surface area contributed by atoms with Crippen molar-refractivity contribution >= 4 is 22.4 Å². The van der Waals surface area contributed by atoms with Crippen LogP contribution in [0.15, 0.2) is 58.4 Å². The fourth-order valence-electron chi connectivity index (χ4n) is 7.40. The predicted molar refractivity (Wildman–Crippen MR) is 161 cm³/mol. The largest absolute Gasteiger partial charge is 0.340 e. The first-order chi connectivity index (χ1) is 19.6. The topological polar surface area (TPSA) is 61.7 Å². The zero-order valence-corrected chi connectivity index (χ0v) is 24.5. The van der Waals surface area contributed by atoms with Crippen molar-refractivity contribution in [2.75, 3.05) is 25.0 Å². The van der Waals surface area contributed by atoms with Gasteiger partial charge >= 0.3 is 0 Å². The molecule has 2 bridgehead atoms. The van der Waals surface area contributed by atoms with Gasteiger partial charge in [0.15, 0.2) is 5.96 Å². The van der Waals surface area contributed by atoms with Gasteiger partial charge in [0.25, 0.3) is 5.56 Å². The fourth-order valence-corrected chi connectivity index (χ4v) is 7.40. The number of fused-ring (bicyclic) bond motifs is 3. The molecular formula is C33H41F2N5O. The highest BCUT2D eigenvalue weighted by atomic mass is 19.1. The first kappa shape index (κ1) is 27.9. The number of halogens is 2. The molecule has 1 saturated heterocycles. The Kier molecular flexibility index (Phi) is 7.39. The van der Waals surface area contributed by atoms with E-state index in [1.165, 1.54) is 18.6 Å². The molecular weight excluding hydrogens is 520 g/mol. The van der Waals surface area contributed by atoms with Gasteiger partial charge in [0.2, 0.25) is 0 Å². The summed E-state index contributed by atoms with van der Waals surface area (Å²) in [5, 5.41) is 8.61. The minimum absolute atomic E-state index is 0.126.